The fourth-order valence-electron chi connectivity index (χ4n) is 1.10. The van der Waals surface area contributed by atoms with Gasteiger partial charge in [-0.1, -0.05) is 5.16 Å². The van der Waals surface area contributed by atoms with Crippen molar-refractivity contribution in [3.8, 4) is 0 Å². The Balaban J connectivity index is 2.76. The van der Waals surface area contributed by atoms with Gasteiger partial charge < -0.3 is 15.2 Å². The number of carbonyl (C=O) groups excluding carboxylic acids is 1. The Bertz CT molecular complexity index is 428. The maximum atomic E-state index is 11.3. The number of carboxylic acid groups (broad SMARTS) is 1. The highest BCUT2D eigenvalue weighted by Gasteiger charge is 2.26. The van der Waals surface area contributed by atoms with Gasteiger partial charge in [-0.15, -0.1) is 0 Å². The number of nitrogens with zero attached hydrogens (tertiary/aromatic N) is 3. The highest BCUT2D eigenvalue weighted by atomic mass is 16.4. The number of carbonyl (C=O) groups is 2. The van der Waals surface area contributed by atoms with E-state index >= 15 is 0 Å². The molecule has 0 bridgehead atoms. The van der Waals surface area contributed by atoms with Crippen molar-refractivity contribution in [2.75, 3.05) is 13.6 Å². The lowest BCUT2D eigenvalue weighted by Crippen LogP contribution is -2.51. The van der Waals surface area contributed by atoms with Crippen LogP contribution >= 0.6 is 0 Å². The molecule has 1 rings (SSSR count). The molecule has 0 saturated carbocycles. The maximum Gasteiger partial charge on any atom is 0.305 e. The minimum atomic E-state index is -0.979. The first-order valence-electron chi connectivity index (χ1n) is 4.59. The Morgan fingerprint density at radius 1 is 1.65 bits per heavy atom. The summed E-state index contributed by atoms with van der Waals surface area (Å²) >= 11 is 0. The van der Waals surface area contributed by atoms with E-state index in [1.807, 2.05) is 0 Å². The van der Waals surface area contributed by atoms with Crippen molar-refractivity contribution in [3.05, 3.63) is 0 Å². The second-order valence-electron chi connectivity index (χ2n) is 3.25. The van der Waals surface area contributed by atoms with Gasteiger partial charge in [-0.25, -0.2) is 0 Å². The van der Waals surface area contributed by atoms with Crippen molar-refractivity contribution in [2.24, 2.45) is 10.1 Å². The number of nitrogens with one attached hydrogen (secondary N) is 2. The summed E-state index contributed by atoms with van der Waals surface area (Å²) in [6.45, 7) is 0.132. The predicted octanol–water partition coefficient (Wildman–Crippen LogP) is -1.31. The van der Waals surface area contributed by atoms with Crippen molar-refractivity contribution < 1.29 is 19.9 Å². The molecule has 4 N–H and O–H groups in total. The van der Waals surface area contributed by atoms with E-state index in [1.54, 1.807) is 0 Å². The van der Waals surface area contributed by atoms with Crippen LogP contribution in [0.2, 0.25) is 0 Å². The van der Waals surface area contributed by atoms with Crippen LogP contribution in [0.25, 0.3) is 0 Å². The molecule has 0 saturated heterocycles. The van der Waals surface area contributed by atoms with Gasteiger partial charge in [0.25, 0.3) is 5.91 Å². The zero-order valence-electron chi connectivity index (χ0n) is 8.97. The van der Waals surface area contributed by atoms with Gasteiger partial charge >= 0.3 is 5.97 Å². The molecule has 0 aromatic heterocycles. The number of hydrogen-bond donors (Lipinski definition) is 4. The van der Waals surface area contributed by atoms with Crippen LogP contribution in [0.3, 0.4) is 0 Å². The molecule has 0 aromatic carbocycles. The molecule has 1 aliphatic heterocycles. The molecule has 0 radical (unpaired) electrons. The molecule has 0 unspecified atom stereocenters. The quantitative estimate of drug-likeness (QED) is 0.359. The molecule has 9 nitrogen and oxygen atoms in total. The van der Waals surface area contributed by atoms with Gasteiger partial charge in [0.05, 0.1) is 6.42 Å². The molecule has 92 valence electrons. The van der Waals surface area contributed by atoms with Gasteiger partial charge in [-0.05, 0) is 0 Å². The number of rotatable bonds is 3. The number of hydrogen-bond acceptors (Lipinski definition) is 6. The number of oxime groups is 1. The minimum absolute atomic E-state index is 0.0497. The van der Waals surface area contributed by atoms with E-state index in [0.29, 0.717) is 0 Å². The van der Waals surface area contributed by atoms with Gasteiger partial charge in [0.1, 0.15) is 0 Å². The van der Waals surface area contributed by atoms with Crippen molar-refractivity contribution in [3.63, 3.8) is 0 Å². The van der Waals surface area contributed by atoms with Crippen LogP contribution in [-0.4, -0.2) is 58.2 Å². The summed E-state index contributed by atoms with van der Waals surface area (Å²) < 4.78 is 0. The highest BCUT2D eigenvalue weighted by molar-refractivity contribution is 6.68. The summed E-state index contributed by atoms with van der Waals surface area (Å²) in [5.74, 6) is -2.17. The highest BCUT2D eigenvalue weighted by Crippen LogP contribution is 1.98. The van der Waals surface area contributed by atoms with Gasteiger partial charge in [-0.3, -0.25) is 20.3 Å². The van der Waals surface area contributed by atoms with Gasteiger partial charge in [0.15, 0.2) is 5.84 Å². The minimum Gasteiger partial charge on any atom is -0.481 e. The van der Waals surface area contributed by atoms with Crippen LogP contribution in [-0.2, 0) is 9.59 Å². The lowest BCUT2D eigenvalue weighted by Gasteiger charge is -2.23. The number of carboxylic acids is 1. The van der Waals surface area contributed by atoms with Crippen molar-refractivity contribution in [1.29, 1.82) is 5.41 Å². The van der Waals surface area contributed by atoms with Crippen LogP contribution < -0.4 is 5.32 Å². The van der Waals surface area contributed by atoms with Crippen molar-refractivity contribution in [1.82, 2.24) is 10.2 Å². The largest absolute Gasteiger partial charge is 0.481 e. The topological polar surface area (TPSA) is 138 Å². The third kappa shape index (κ3) is 3.00. The van der Waals surface area contributed by atoms with Gasteiger partial charge in [0.2, 0.25) is 11.7 Å². The molecule has 0 aromatic rings. The Morgan fingerprint density at radius 3 is 2.76 bits per heavy atom. The summed E-state index contributed by atoms with van der Waals surface area (Å²) in [6.07, 6.45) is -0.125. The Morgan fingerprint density at radius 2 is 2.29 bits per heavy atom. The summed E-state index contributed by atoms with van der Waals surface area (Å²) in [5.41, 5.74) is -0.486. The smallest absolute Gasteiger partial charge is 0.305 e. The second-order valence-corrected chi connectivity index (χ2v) is 3.25. The first kappa shape index (κ1) is 12.6. The lowest BCUT2D eigenvalue weighted by atomic mass is 10.3. The second kappa shape index (κ2) is 5.05. The van der Waals surface area contributed by atoms with Gasteiger partial charge in [-0.2, -0.15) is 4.99 Å². The van der Waals surface area contributed by atoms with E-state index in [9.17, 15) is 9.59 Å². The summed E-state index contributed by atoms with van der Waals surface area (Å²) in [5, 5.41) is 29.2. The van der Waals surface area contributed by atoms with E-state index in [0.717, 1.165) is 0 Å². The molecule has 0 spiro atoms. The molecule has 17 heavy (non-hydrogen) atoms. The van der Waals surface area contributed by atoms with Gasteiger partial charge in [0, 0.05) is 13.6 Å². The molecule has 0 aliphatic carbocycles. The van der Waals surface area contributed by atoms with Crippen molar-refractivity contribution in [2.45, 2.75) is 6.42 Å². The third-order valence-corrected chi connectivity index (χ3v) is 2.01. The first-order valence-corrected chi connectivity index (χ1v) is 4.59. The van der Waals surface area contributed by atoms with Crippen LogP contribution in [0.5, 0.6) is 0 Å². The number of aliphatic imine (C=N–C) groups is 1. The number of amides is 1. The number of amidine groups is 1. The Hall–Kier alpha value is -2.45. The molecule has 1 heterocycles. The molecule has 0 atom stereocenters. The number of aliphatic carboxylic acids is 1. The first-order chi connectivity index (χ1) is 7.95. The third-order valence-electron chi connectivity index (χ3n) is 2.01. The van der Waals surface area contributed by atoms with Crippen LogP contribution in [0.1, 0.15) is 6.42 Å². The Labute approximate surface area is 95.9 Å². The molecule has 9 heteroatoms. The molecular formula is C8H11N5O4. The van der Waals surface area contributed by atoms with E-state index in [4.69, 9.17) is 15.7 Å². The van der Waals surface area contributed by atoms with Crippen molar-refractivity contribution >= 4 is 29.4 Å². The summed E-state index contributed by atoms with van der Waals surface area (Å²) in [7, 11) is 1.52. The summed E-state index contributed by atoms with van der Waals surface area (Å²) in [6, 6.07) is 0. The molecule has 1 aliphatic rings. The molecule has 0 fully saturated rings. The fourth-order valence-corrected chi connectivity index (χ4v) is 1.10. The standard InChI is InChI=1S/C8H11N5O4/c1-13(3-2-4(14)15)8-10-6(9)5(12-17)7(16)11-8/h17H,2-3H2,1H3,(H,14,15)(H2,9,10,11,16)/b12-5+. The van der Waals surface area contributed by atoms with E-state index in [-0.39, 0.29) is 18.9 Å². The predicted molar refractivity (Wildman–Crippen MR) is 57.4 cm³/mol. The Kier molecular flexibility index (Phi) is 3.75. The van der Waals surface area contributed by atoms with E-state index in [2.05, 4.69) is 15.5 Å². The normalized spacial score (nSPS) is 17.7. The monoisotopic (exact) mass is 241 g/mol. The average molecular weight is 241 g/mol. The molecule has 1 amide bonds. The molecular weight excluding hydrogens is 230 g/mol. The van der Waals surface area contributed by atoms with Crippen LogP contribution in [0.4, 0.5) is 0 Å². The SMILES string of the molecule is CN(CCC(=O)O)C1=NC(=N)/C(=N\O)C(=O)N1. The lowest BCUT2D eigenvalue weighted by molar-refractivity contribution is -0.137. The van der Waals surface area contributed by atoms with E-state index < -0.39 is 23.4 Å². The summed E-state index contributed by atoms with van der Waals surface area (Å²) in [4.78, 5) is 26.7. The number of guanidine groups is 1. The zero-order chi connectivity index (χ0) is 13.0. The fraction of sp³-hybridized carbons (Fsp3) is 0.375. The van der Waals surface area contributed by atoms with E-state index in [1.165, 1.54) is 11.9 Å². The average Bonchev–Trinajstić information content (AvgIpc) is 2.25. The maximum absolute atomic E-state index is 11.3. The van der Waals surface area contributed by atoms with Crippen LogP contribution in [0.15, 0.2) is 10.1 Å². The van der Waals surface area contributed by atoms with Crippen LogP contribution in [0, 0.1) is 5.41 Å². The zero-order valence-corrected chi connectivity index (χ0v) is 8.97.